The average molecular weight is 469 g/mol. The van der Waals surface area contributed by atoms with E-state index in [4.69, 9.17) is 4.74 Å². The van der Waals surface area contributed by atoms with Crippen molar-refractivity contribution >= 4 is 5.97 Å². The summed E-state index contributed by atoms with van der Waals surface area (Å²) in [5.41, 5.74) is 5.68. The molecule has 0 amide bonds. The van der Waals surface area contributed by atoms with E-state index in [-0.39, 0.29) is 17.5 Å². The molecule has 0 heterocycles. The van der Waals surface area contributed by atoms with Crippen molar-refractivity contribution in [1.29, 1.82) is 0 Å². The van der Waals surface area contributed by atoms with Crippen LogP contribution in [-0.4, -0.2) is 12.1 Å². The molecular formula is C32H52O2. The topological polar surface area (TPSA) is 26.3 Å². The van der Waals surface area contributed by atoms with Crippen LogP contribution in [0.25, 0.3) is 0 Å². The molecular weight excluding hydrogens is 416 g/mol. The molecule has 0 radical (unpaired) electrons. The first-order valence-corrected chi connectivity index (χ1v) is 14.7. The van der Waals surface area contributed by atoms with Crippen molar-refractivity contribution < 1.29 is 9.53 Å². The van der Waals surface area contributed by atoms with E-state index in [1.807, 2.05) is 5.57 Å². The van der Waals surface area contributed by atoms with Gasteiger partial charge in [0.05, 0.1) is 0 Å². The normalized spacial score (nSPS) is 47.9. The first-order valence-electron chi connectivity index (χ1n) is 14.7. The summed E-state index contributed by atoms with van der Waals surface area (Å²) < 4.78 is 5.90. The maximum absolute atomic E-state index is 11.8. The largest absolute Gasteiger partial charge is 0.462 e. The summed E-state index contributed by atoms with van der Waals surface area (Å²) in [5.74, 6) is 2.33. The molecule has 0 aromatic rings. The molecule has 2 nitrogen and oxygen atoms in total. The minimum Gasteiger partial charge on any atom is -0.462 e. The van der Waals surface area contributed by atoms with E-state index in [9.17, 15) is 4.79 Å². The number of hydrogen-bond acceptors (Lipinski definition) is 2. The molecule has 7 atom stereocenters. The van der Waals surface area contributed by atoms with Crippen LogP contribution in [0, 0.1) is 44.8 Å². The van der Waals surface area contributed by atoms with Gasteiger partial charge in [-0.3, -0.25) is 4.79 Å². The maximum Gasteiger partial charge on any atom is 0.302 e. The Kier molecular flexibility index (Phi) is 5.75. The molecule has 5 aliphatic rings. The summed E-state index contributed by atoms with van der Waals surface area (Å²) in [6, 6.07) is 0. The van der Waals surface area contributed by atoms with Gasteiger partial charge in [0.15, 0.2) is 0 Å². The van der Waals surface area contributed by atoms with Gasteiger partial charge in [-0.2, -0.15) is 0 Å². The molecule has 0 N–H and O–H groups in total. The van der Waals surface area contributed by atoms with Gasteiger partial charge < -0.3 is 4.74 Å². The molecule has 2 spiro atoms. The number of fused-ring (bicyclic) bond motifs is 2. The SMILES string of the molecule is CC(=O)O[C@H]1CC[C@]23C[C@]24CC[C@]2(C)C(=C(C)CCCC(C)C)CC[C@@]2(C)C4CCC3C1(C)C. The minimum absolute atomic E-state index is 0.0943. The Balaban J connectivity index is 1.41. The van der Waals surface area contributed by atoms with E-state index in [1.165, 1.54) is 70.6 Å². The van der Waals surface area contributed by atoms with Crippen LogP contribution in [0.2, 0.25) is 0 Å². The molecule has 0 aromatic carbocycles. The first kappa shape index (κ1) is 24.9. The van der Waals surface area contributed by atoms with Gasteiger partial charge in [0.25, 0.3) is 0 Å². The van der Waals surface area contributed by atoms with Crippen molar-refractivity contribution in [1.82, 2.24) is 0 Å². The Morgan fingerprint density at radius 1 is 0.941 bits per heavy atom. The summed E-state index contributed by atoms with van der Waals surface area (Å²) in [7, 11) is 0. The van der Waals surface area contributed by atoms with Gasteiger partial charge in [0.2, 0.25) is 0 Å². The molecule has 0 aliphatic heterocycles. The van der Waals surface area contributed by atoms with Crippen molar-refractivity contribution in [2.75, 3.05) is 0 Å². The molecule has 2 heteroatoms. The molecule has 5 rings (SSSR count). The zero-order valence-electron chi connectivity index (χ0n) is 23.6. The second-order valence-corrected chi connectivity index (χ2v) is 14.9. The third-order valence-corrected chi connectivity index (χ3v) is 13.0. The molecule has 0 aromatic heterocycles. The van der Waals surface area contributed by atoms with Gasteiger partial charge in [-0.25, -0.2) is 0 Å². The van der Waals surface area contributed by atoms with E-state index in [0.29, 0.717) is 21.7 Å². The Labute approximate surface area is 210 Å². The van der Waals surface area contributed by atoms with Crippen LogP contribution in [0.4, 0.5) is 0 Å². The quantitative estimate of drug-likeness (QED) is 0.297. The number of ether oxygens (including phenoxy) is 1. The third-order valence-electron chi connectivity index (χ3n) is 13.0. The molecule has 5 aliphatic carbocycles. The Morgan fingerprint density at radius 2 is 1.62 bits per heavy atom. The fourth-order valence-corrected chi connectivity index (χ4v) is 11.1. The van der Waals surface area contributed by atoms with Crippen LogP contribution >= 0.6 is 0 Å². The van der Waals surface area contributed by atoms with Crippen LogP contribution in [0.15, 0.2) is 11.1 Å². The van der Waals surface area contributed by atoms with Crippen molar-refractivity contribution in [2.24, 2.45) is 44.8 Å². The molecule has 2 unspecified atom stereocenters. The lowest BCUT2D eigenvalue weighted by molar-refractivity contribution is -0.177. The number of esters is 1. The van der Waals surface area contributed by atoms with Crippen molar-refractivity contribution in [2.45, 2.75) is 139 Å². The van der Waals surface area contributed by atoms with Crippen molar-refractivity contribution in [3.8, 4) is 0 Å². The second-order valence-electron chi connectivity index (χ2n) is 14.9. The van der Waals surface area contributed by atoms with Crippen molar-refractivity contribution in [3.63, 3.8) is 0 Å². The van der Waals surface area contributed by atoms with Gasteiger partial charge in [0, 0.05) is 12.3 Å². The summed E-state index contributed by atoms with van der Waals surface area (Å²) >= 11 is 0. The van der Waals surface area contributed by atoms with Crippen molar-refractivity contribution in [3.05, 3.63) is 11.1 Å². The summed E-state index contributed by atoms with van der Waals surface area (Å²) in [6.07, 6.45) is 16.3. The van der Waals surface area contributed by atoms with Crippen LogP contribution in [0.1, 0.15) is 132 Å². The van der Waals surface area contributed by atoms with Crippen LogP contribution in [-0.2, 0) is 9.53 Å². The van der Waals surface area contributed by atoms with Gasteiger partial charge in [-0.05, 0) is 117 Å². The smallest absolute Gasteiger partial charge is 0.302 e. The number of rotatable bonds is 5. The predicted molar refractivity (Wildman–Crippen MR) is 140 cm³/mol. The molecule has 0 bridgehead atoms. The van der Waals surface area contributed by atoms with Crippen LogP contribution in [0.3, 0.4) is 0 Å². The van der Waals surface area contributed by atoms with Gasteiger partial charge in [0.1, 0.15) is 6.10 Å². The van der Waals surface area contributed by atoms with Crippen LogP contribution in [0.5, 0.6) is 0 Å². The van der Waals surface area contributed by atoms with E-state index in [0.717, 1.165) is 24.2 Å². The lowest BCUT2D eigenvalue weighted by Crippen LogP contribution is -2.57. The summed E-state index contributed by atoms with van der Waals surface area (Å²) in [5, 5.41) is 0. The molecule has 34 heavy (non-hydrogen) atoms. The van der Waals surface area contributed by atoms with Gasteiger partial charge >= 0.3 is 5.97 Å². The van der Waals surface area contributed by atoms with E-state index in [1.54, 1.807) is 12.5 Å². The zero-order valence-corrected chi connectivity index (χ0v) is 23.6. The minimum atomic E-state index is -0.0943. The van der Waals surface area contributed by atoms with Gasteiger partial charge in [-0.15, -0.1) is 0 Å². The van der Waals surface area contributed by atoms with E-state index >= 15 is 0 Å². The number of hydrogen-bond donors (Lipinski definition) is 0. The van der Waals surface area contributed by atoms with Gasteiger partial charge in [-0.1, -0.05) is 59.1 Å². The Hall–Kier alpha value is -0.790. The third kappa shape index (κ3) is 3.14. The highest BCUT2D eigenvalue weighted by Gasteiger charge is 2.82. The fourth-order valence-electron chi connectivity index (χ4n) is 11.1. The summed E-state index contributed by atoms with van der Waals surface area (Å²) in [4.78, 5) is 11.8. The first-order chi connectivity index (χ1) is 15.8. The molecule has 5 saturated carbocycles. The van der Waals surface area contributed by atoms with Crippen LogP contribution < -0.4 is 0 Å². The molecule has 192 valence electrons. The standard InChI is InChI=1S/C32H52O2/c1-21(2)10-9-11-22(3)24-14-16-30(8)26-13-12-25-28(5,6)27(34-23(4)33)15-17-31(25)20-32(26,31)19-18-29(24,30)7/h21,25-27H,9-20H2,1-8H3/t25?,26?,27-,29+,30-,31+,32-/m0/s1. The Bertz CT molecular complexity index is 881. The Morgan fingerprint density at radius 3 is 2.29 bits per heavy atom. The highest BCUT2D eigenvalue weighted by Crippen LogP contribution is 2.89. The highest BCUT2D eigenvalue weighted by molar-refractivity contribution is 5.66. The average Bonchev–Trinajstić information content (AvgIpc) is 3.32. The summed E-state index contributed by atoms with van der Waals surface area (Å²) in [6.45, 7) is 19.0. The lowest BCUT2D eigenvalue weighted by Gasteiger charge is -2.62. The highest BCUT2D eigenvalue weighted by atomic mass is 16.5. The zero-order chi connectivity index (χ0) is 24.7. The molecule has 0 saturated heterocycles. The predicted octanol–water partition coefficient (Wildman–Crippen LogP) is 8.88. The number of allylic oxidation sites excluding steroid dienone is 2. The monoisotopic (exact) mass is 468 g/mol. The maximum atomic E-state index is 11.8. The molecule has 5 fully saturated rings. The van der Waals surface area contributed by atoms with E-state index in [2.05, 4.69) is 48.5 Å². The second kappa shape index (κ2) is 7.85. The van der Waals surface area contributed by atoms with E-state index < -0.39 is 0 Å². The lowest BCUT2D eigenvalue weighted by atomic mass is 9.42. The number of carbonyl (C=O) groups excluding carboxylic acids is 1. The fraction of sp³-hybridized carbons (Fsp3) is 0.906. The number of carbonyl (C=O) groups is 1.